The highest BCUT2D eigenvalue weighted by Crippen LogP contribution is 2.41. The lowest BCUT2D eigenvalue weighted by molar-refractivity contribution is -0.188. The van der Waals surface area contributed by atoms with Gasteiger partial charge in [-0.3, -0.25) is 9.59 Å². The molecule has 142 valence electrons. The van der Waals surface area contributed by atoms with E-state index in [1.54, 1.807) is 7.05 Å². The molecule has 3 fully saturated rings. The van der Waals surface area contributed by atoms with Crippen LogP contribution in [-0.4, -0.2) is 67.5 Å². The van der Waals surface area contributed by atoms with Crippen molar-refractivity contribution in [3.8, 4) is 0 Å². The Kier molecular flexibility index (Phi) is 5.63. The molecule has 0 bridgehead atoms. The Labute approximate surface area is 153 Å². The van der Waals surface area contributed by atoms with Crippen molar-refractivity contribution in [2.45, 2.75) is 55.4 Å². The predicted octanol–water partition coefficient (Wildman–Crippen LogP) is 0.390. The fourth-order valence-corrected chi connectivity index (χ4v) is 5.33. The molecule has 7 nitrogen and oxygen atoms in total. The Hall–Kier alpha value is -0.830. The van der Waals surface area contributed by atoms with Crippen LogP contribution in [0.3, 0.4) is 0 Å². The minimum absolute atomic E-state index is 0.0666. The number of thioether (sulfide) groups is 1. The SMILES string of the molecule is CNC(=O)C1(NC(=O)C2(NC)CCSCC2)CCC2(CC1)OCCO2. The van der Waals surface area contributed by atoms with Gasteiger partial charge in [-0.1, -0.05) is 0 Å². The molecule has 2 heterocycles. The molecule has 8 heteroatoms. The Morgan fingerprint density at radius 2 is 1.44 bits per heavy atom. The van der Waals surface area contributed by atoms with Crippen LogP contribution in [0.15, 0.2) is 0 Å². The second-order valence-corrected chi connectivity index (χ2v) is 8.39. The minimum atomic E-state index is -0.888. The van der Waals surface area contributed by atoms with E-state index < -0.39 is 16.9 Å². The van der Waals surface area contributed by atoms with E-state index in [-0.39, 0.29) is 11.8 Å². The van der Waals surface area contributed by atoms with Crippen molar-refractivity contribution in [2.75, 3.05) is 38.8 Å². The molecule has 0 aromatic heterocycles. The molecule has 3 N–H and O–H groups in total. The second-order valence-electron chi connectivity index (χ2n) is 7.17. The van der Waals surface area contributed by atoms with Gasteiger partial charge in [-0.25, -0.2) is 0 Å². The first-order valence-corrected chi connectivity index (χ1v) is 10.2. The fraction of sp³-hybridized carbons (Fsp3) is 0.882. The number of amides is 2. The summed E-state index contributed by atoms with van der Waals surface area (Å²) in [6.45, 7) is 1.19. The van der Waals surface area contributed by atoms with Crippen LogP contribution in [0.5, 0.6) is 0 Å². The smallest absolute Gasteiger partial charge is 0.245 e. The summed E-state index contributed by atoms with van der Waals surface area (Å²) in [4.78, 5) is 25.8. The van der Waals surface area contributed by atoms with Gasteiger partial charge in [0.05, 0.1) is 18.8 Å². The van der Waals surface area contributed by atoms with Crippen LogP contribution in [0.25, 0.3) is 0 Å². The van der Waals surface area contributed by atoms with Crippen LogP contribution < -0.4 is 16.0 Å². The number of likely N-dealkylation sites (N-methyl/N-ethyl adjacent to an activating group) is 2. The minimum Gasteiger partial charge on any atom is -0.357 e. The van der Waals surface area contributed by atoms with Crippen LogP contribution in [-0.2, 0) is 19.1 Å². The van der Waals surface area contributed by atoms with E-state index in [4.69, 9.17) is 9.47 Å². The first-order chi connectivity index (χ1) is 12.0. The Morgan fingerprint density at radius 3 is 1.96 bits per heavy atom. The van der Waals surface area contributed by atoms with Crippen molar-refractivity contribution in [1.82, 2.24) is 16.0 Å². The van der Waals surface area contributed by atoms with Crippen molar-refractivity contribution in [2.24, 2.45) is 0 Å². The Morgan fingerprint density at radius 1 is 0.840 bits per heavy atom. The lowest BCUT2D eigenvalue weighted by Crippen LogP contribution is -2.67. The molecule has 0 unspecified atom stereocenters. The zero-order valence-electron chi connectivity index (χ0n) is 15.1. The monoisotopic (exact) mass is 371 g/mol. The van der Waals surface area contributed by atoms with Gasteiger partial charge in [-0.2, -0.15) is 11.8 Å². The Bertz CT molecular complexity index is 506. The largest absolute Gasteiger partial charge is 0.357 e. The fourth-order valence-electron chi connectivity index (χ4n) is 4.14. The first-order valence-electron chi connectivity index (χ1n) is 9.09. The summed E-state index contributed by atoms with van der Waals surface area (Å²) < 4.78 is 11.5. The summed E-state index contributed by atoms with van der Waals surface area (Å²) in [5.41, 5.74) is -1.47. The summed E-state index contributed by atoms with van der Waals surface area (Å²) in [6.07, 6.45) is 3.83. The van der Waals surface area contributed by atoms with E-state index in [2.05, 4.69) is 16.0 Å². The lowest BCUT2D eigenvalue weighted by Gasteiger charge is -2.45. The van der Waals surface area contributed by atoms with Crippen molar-refractivity contribution in [1.29, 1.82) is 0 Å². The number of nitrogens with one attached hydrogen (secondary N) is 3. The third-order valence-electron chi connectivity index (χ3n) is 5.95. The zero-order valence-corrected chi connectivity index (χ0v) is 15.9. The molecular weight excluding hydrogens is 342 g/mol. The average Bonchev–Trinajstić information content (AvgIpc) is 3.12. The molecule has 0 aromatic rings. The van der Waals surface area contributed by atoms with Crippen molar-refractivity contribution >= 4 is 23.6 Å². The Balaban J connectivity index is 1.75. The van der Waals surface area contributed by atoms with Gasteiger partial charge >= 0.3 is 0 Å². The maximum Gasteiger partial charge on any atom is 0.245 e. The molecular formula is C17H29N3O4S. The normalized spacial score (nSPS) is 27.0. The molecule has 2 amide bonds. The van der Waals surface area contributed by atoms with Gasteiger partial charge in [-0.05, 0) is 44.2 Å². The molecule has 25 heavy (non-hydrogen) atoms. The van der Waals surface area contributed by atoms with E-state index in [0.717, 1.165) is 24.3 Å². The first kappa shape index (κ1) is 18.9. The highest BCUT2D eigenvalue weighted by atomic mass is 32.2. The van der Waals surface area contributed by atoms with Crippen molar-refractivity contribution in [3.05, 3.63) is 0 Å². The number of carbonyl (C=O) groups is 2. The molecule has 1 aliphatic carbocycles. The van der Waals surface area contributed by atoms with E-state index in [9.17, 15) is 9.59 Å². The number of carbonyl (C=O) groups excluding carboxylic acids is 2. The van der Waals surface area contributed by atoms with Crippen LogP contribution in [0.1, 0.15) is 38.5 Å². The molecule has 0 atom stereocenters. The molecule has 0 aromatic carbocycles. The highest BCUT2D eigenvalue weighted by Gasteiger charge is 2.52. The molecule has 2 aliphatic heterocycles. The van der Waals surface area contributed by atoms with E-state index in [1.807, 2.05) is 18.8 Å². The summed E-state index contributed by atoms with van der Waals surface area (Å²) in [7, 11) is 3.45. The van der Waals surface area contributed by atoms with Gasteiger partial charge in [0.1, 0.15) is 5.54 Å². The van der Waals surface area contributed by atoms with Crippen LogP contribution in [0, 0.1) is 0 Å². The summed E-state index contributed by atoms with van der Waals surface area (Å²) in [6, 6.07) is 0. The van der Waals surface area contributed by atoms with Crippen molar-refractivity contribution < 1.29 is 19.1 Å². The second kappa shape index (κ2) is 7.42. The van der Waals surface area contributed by atoms with Gasteiger partial charge in [0.2, 0.25) is 11.8 Å². The van der Waals surface area contributed by atoms with Crippen LogP contribution in [0.4, 0.5) is 0 Å². The van der Waals surface area contributed by atoms with E-state index >= 15 is 0 Å². The summed E-state index contributed by atoms with van der Waals surface area (Å²) in [5, 5.41) is 9.07. The summed E-state index contributed by atoms with van der Waals surface area (Å²) in [5.74, 6) is 1.14. The molecule has 3 aliphatic rings. The zero-order chi connectivity index (χ0) is 18.0. The van der Waals surface area contributed by atoms with Gasteiger partial charge in [-0.15, -0.1) is 0 Å². The van der Waals surface area contributed by atoms with Gasteiger partial charge < -0.3 is 25.4 Å². The van der Waals surface area contributed by atoms with Crippen LogP contribution in [0.2, 0.25) is 0 Å². The third kappa shape index (κ3) is 3.54. The molecule has 3 rings (SSSR count). The molecule has 1 saturated carbocycles. The van der Waals surface area contributed by atoms with Gasteiger partial charge in [0, 0.05) is 19.9 Å². The van der Waals surface area contributed by atoms with E-state index in [0.29, 0.717) is 38.9 Å². The third-order valence-corrected chi connectivity index (χ3v) is 6.94. The van der Waals surface area contributed by atoms with Gasteiger partial charge in [0.15, 0.2) is 5.79 Å². The lowest BCUT2D eigenvalue weighted by atomic mass is 9.77. The van der Waals surface area contributed by atoms with E-state index in [1.165, 1.54) is 0 Å². The van der Waals surface area contributed by atoms with Gasteiger partial charge in [0.25, 0.3) is 0 Å². The standard InChI is InChI=1S/C17H29N3O4S/c1-18-13(21)16(3-5-17(6-4-16)23-9-10-24-17)20-14(22)15(19-2)7-11-25-12-8-15/h19H,3-12H2,1-2H3,(H,18,21)(H,20,22). The molecule has 2 saturated heterocycles. The predicted molar refractivity (Wildman–Crippen MR) is 96.4 cm³/mol. The van der Waals surface area contributed by atoms with Crippen LogP contribution >= 0.6 is 11.8 Å². The average molecular weight is 372 g/mol. The van der Waals surface area contributed by atoms with Crippen molar-refractivity contribution in [3.63, 3.8) is 0 Å². The number of ether oxygens (including phenoxy) is 2. The highest BCUT2D eigenvalue weighted by molar-refractivity contribution is 7.99. The summed E-state index contributed by atoms with van der Waals surface area (Å²) >= 11 is 1.87. The maximum atomic E-state index is 13.1. The quantitative estimate of drug-likeness (QED) is 0.663. The topological polar surface area (TPSA) is 88.7 Å². The molecule has 0 radical (unpaired) electrons. The number of rotatable bonds is 4. The number of hydrogen-bond acceptors (Lipinski definition) is 6. The molecule has 1 spiro atoms. The number of hydrogen-bond donors (Lipinski definition) is 3. The maximum absolute atomic E-state index is 13.1.